The molecule has 2 aromatic heterocycles. The molecule has 0 aliphatic rings. The lowest BCUT2D eigenvalue weighted by molar-refractivity contribution is -0.117. The Bertz CT molecular complexity index is 1430. The van der Waals surface area contributed by atoms with Gasteiger partial charge in [-0.15, -0.1) is 10.2 Å². The average Bonchev–Trinajstić information content (AvgIpc) is 3.19. The van der Waals surface area contributed by atoms with Crippen LogP contribution in [0.3, 0.4) is 0 Å². The number of nitrogens with zero attached hydrogens (tertiary/aromatic N) is 4. The van der Waals surface area contributed by atoms with Gasteiger partial charge in [0.25, 0.3) is 5.56 Å². The van der Waals surface area contributed by atoms with Gasteiger partial charge in [-0.1, -0.05) is 53.7 Å². The van der Waals surface area contributed by atoms with Gasteiger partial charge in [-0.2, -0.15) is 0 Å². The second-order valence-electron chi connectivity index (χ2n) is 9.05. The maximum atomic E-state index is 13.3. The molecular weight excluding hydrogens is 452 g/mol. The van der Waals surface area contributed by atoms with E-state index in [2.05, 4.69) is 20.8 Å². The topological polar surface area (TPSA) is 110 Å². The van der Waals surface area contributed by atoms with Crippen LogP contribution in [0.15, 0.2) is 58.5 Å². The highest BCUT2D eigenvalue weighted by atomic mass is 32.2. The van der Waals surface area contributed by atoms with Crippen LogP contribution in [-0.2, 0) is 11.3 Å². The largest absolute Gasteiger partial charge is 0.333 e. The number of benzene rings is 2. The lowest BCUT2D eigenvalue weighted by atomic mass is 10.1. The zero-order valence-electron chi connectivity index (χ0n) is 19.5. The fourth-order valence-electron chi connectivity index (χ4n) is 3.51. The Hall–Kier alpha value is -3.66. The van der Waals surface area contributed by atoms with Gasteiger partial charge in [-0.25, -0.2) is 4.79 Å². The minimum atomic E-state index is -0.554. The van der Waals surface area contributed by atoms with Crippen LogP contribution in [0.2, 0.25) is 0 Å². The number of aromatic nitrogens is 4. The summed E-state index contributed by atoms with van der Waals surface area (Å²) in [4.78, 5) is 37.6. The molecule has 2 heterocycles. The van der Waals surface area contributed by atoms with Crippen molar-refractivity contribution < 1.29 is 9.59 Å². The molecule has 0 bridgehead atoms. The first-order valence-electron chi connectivity index (χ1n) is 10.8. The normalized spacial score (nSPS) is 11.6. The van der Waals surface area contributed by atoms with Crippen molar-refractivity contribution in [2.75, 3.05) is 5.75 Å². The number of carbonyl (C=O) groups excluding carboxylic acids is 2. The number of aryl methyl sites for hydroxylation is 1. The van der Waals surface area contributed by atoms with Crippen LogP contribution in [0.1, 0.15) is 31.9 Å². The lowest BCUT2D eigenvalue weighted by Crippen LogP contribution is -2.48. The van der Waals surface area contributed by atoms with E-state index in [-0.39, 0.29) is 11.3 Å². The molecule has 0 aliphatic heterocycles. The molecule has 4 aromatic rings. The van der Waals surface area contributed by atoms with E-state index in [9.17, 15) is 14.4 Å². The van der Waals surface area contributed by atoms with Gasteiger partial charge in [0.05, 0.1) is 23.2 Å². The molecule has 34 heavy (non-hydrogen) atoms. The molecule has 9 nitrogen and oxygen atoms in total. The molecular formula is C24H26N6O3S. The van der Waals surface area contributed by atoms with Crippen molar-refractivity contribution in [3.63, 3.8) is 0 Å². The third-order valence-electron chi connectivity index (χ3n) is 5.01. The van der Waals surface area contributed by atoms with Crippen molar-refractivity contribution >= 4 is 40.4 Å². The van der Waals surface area contributed by atoms with Crippen LogP contribution in [0.4, 0.5) is 4.79 Å². The molecule has 0 fully saturated rings. The van der Waals surface area contributed by atoms with Crippen LogP contribution in [0.25, 0.3) is 16.7 Å². The van der Waals surface area contributed by atoms with Crippen molar-refractivity contribution in [3.8, 4) is 0 Å². The van der Waals surface area contributed by atoms with E-state index >= 15 is 0 Å². The van der Waals surface area contributed by atoms with Crippen LogP contribution in [0.5, 0.6) is 0 Å². The highest BCUT2D eigenvalue weighted by Crippen LogP contribution is 2.22. The molecule has 0 radical (unpaired) electrons. The summed E-state index contributed by atoms with van der Waals surface area (Å²) in [5.41, 5.74) is 2.13. The van der Waals surface area contributed by atoms with Gasteiger partial charge in [-0.05, 0) is 45.4 Å². The summed E-state index contributed by atoms with van der Waals surface area (Å²) < 4.78 is 3.36. The molecule has 0 saturated heterocycles. The van der Waals surface area contributed by atoms with Crippen LogP contribution >= 0.6 is 11.8 Å². The Morgan fingerprint density at radius 3 is 2.44 bits per heavy atom. The minimum absolute atomic E-state index is 0.0379. The number of fused-ring (bicyclic) bond motifs is 3. The molecule has 176 valence electrons. The maximum absolute atomic E-state index is 13.3. The number of amides is 3. The lowest BCUT2D eigenvalue weighted by Gasteiger charge is -2.20. The van der Waals surface area contributed by atoms with E-state index in [4.69, 9.17) is 0 Å². The minimum Gasteiger partial charge on any atom is -0.333 e. The molecule has 2 aromatic carbocycles. The van der Waals surface area contributed by atoms with Gasteiger partial charge in [0.1, 0.15) is 0 Å². The van der Waals surface area contributed by atoms with Crippen molar-refractivity contribution in [2.45, 2.75) is 44.9 Å². The summed E-state index contributed by atoms with van der Waals surface area (Å²) in [6.07, 6.45) is 0. The number of rotatable bonds is 5. The van der Waals surface area contributed by atoms with Crippen LogP contribution in [-0.4, -0.2) is 42.4 Å². The molecule has 2 N–H and O–H groups in total. The van der Waals surface area contributed by atoms with E-state index < -0.39 is 17.5 Å². The Labute approximate surface area is 200 Å². The fraction of sp³-hybridized carbons (Fsp3) is 0.292. The van der Waals surface area contributed by atoms with Gasteiger partial charge in [0, 0.05) is 5.54 Å². The predicted octanol–water partition coefficient (Wildman–Crippen LogP) is 3.12. The van der Waals surface area contributed by atoms with E-state index in [0.717, 1.165) is 22.9 Å². The Morgan fingerprint density at radius 1 is 1.03 bits per heavy atom. The summed E-state index contributed by atoms with van der Waals surface area (Å²) >= 11 is 1.14. The number of urea groups is 1. The Morgan fingerprint density at radius 2 is 1.74 bits per heavy atom. The Balaban J connectivity index is 1.66. The zero-order chi connectivity index (χ0) is 24.5. The number of nitrogens with one attached hydrogen (secondary N) is 2. The highest BCUT2D eigenvalue weighted by molar-refractivity contribution is 7.99. The standard InChI is InChI=1S/C24H26N6O3S/c1-15-9-11-16(12-10-15)13-29-20(32)17-7-5-6-8-18(17)30-22(29)27-28-23(30)34-14-19(31)25-21(33)26-24(2,3)4/h5-12H,13-14H2,1-4H3,(H2,25,26,31,33). The molecule has 10 heteroatoms. The number of para-hydroxylation sites is 1. The molecule has 0 atom stereocenters. The first-order valence-corrected chi connectivity index (χ1v) is 11.8. The van der Waals surface area contributed by atoms with Gasteiger partial charge in [0.15, 0.2) is 5.16 Å². The molecule has 0 aliphatic carbocycles. The number of hydrogen-bond acceptors (Lipinski definition) is 6. The van der Waals surface area contributed by atoms with Crippen molar-refractivity contribution in [1.29, 1.82) is 0 Å². The van der Waals surface area contributed by atoms with Gasteiger partial charge in [-0.3, -0.25) is 23.9 Å². The number of hydrogen-bond donors (Lipinski definition) is 2. The molecule has 0 saturated carbocycles. The SMILES string of the molecule is Cc1ccc(Cn2c(=O)c3ccccc3n3c(SCC(=O)NC(=O)NC(C)(C)C)nnc23)cc1. The van der Waals surface area contributed by atoms with E-state index in [1.54, 1.807) is 15.0 Å². The second-order valence-corrected chi connectivity index (χ2v) is 10.00. The van der Waals surface area contributed by atoms with Crippen molar-refractivity contribution in [2.24, 2.45) is 0 Å². The van der Waals surface area contributed by atoms with Crippen molar-refractivity contribution in [3.05, 3.63) is 70.0 Å². The van der Waals surface area contributed by atoms with Gasteiger partial charge < -0.3 is 5.32 Å². The molecule has 0 unspecified atom stereocenters. The first-order chi connectivity index (χ1) is 16.1. The zero-order valence-corrected chi connectivity index (χ0v) is 20.3. The number of carbonyl (C=O) groups is 2. The summed E-state index contributed by atoms with van der Waals surface area (Å²) in [5, 5.41) is 14.5. The molecule has 0 spiro atoms. The molecule has 3 amide bonds. The van der Waals surface area contributed by atoms with Gasteiger partial charge in [0.2, 0.25) is 11.7 Å². The third-order valence-corrected chi connectivity index (χ3v) is 5.94. The van der Waals surface area contributed by atoms with E-state index in [1.165, 1.54) is 0 Å². The summed E-state index contributed by atoms with van der Waals surface area (Å²) in [5.74, 6) is -0.109. The van der Waals surface area contributed by atoms with Gasteiger partial charge >= 0.3 is 6.03 Å². The van der Waals surface area contributed by atoms with Crippen molar-refractivity contribution in [1.82, 2.24) is 29.8 Å². The maximum Gasteiger partial charge on any atom is 0.321 e. The Kier molecular flexibility index (Phi) is 6.43. The van der Waals surface area contributed by atoms with Crippen LogP contribution < -0.4 is 16.2 Å². The van der Waals surface area contributed by atoms with E-state index in [1.807, 2.05) is 70.2 Å². The second kappa shape index (κ2) is 9.30. The fourth-order valence-corrected chi connectivity index (χ4v) is 4.25. The van der Waals surface area contributed by atoms with Crippen LogP contribution in [0, 0.1) is 6.92 Å². The first kappa shape index (κ1) is 23.5. The van der Waals surface area contributed by atoms with E-state index in [0.29, 0.717) is 28.4 Å². The third kappa shape index (κ3) is 5.12. The quantitative estimate of drug-likeness (QED) is 0.427. The monoisotopic (exact) mass is 478 g/mol. The summed E-state index contributed by atoms with van der Waals surface area (Å²) in [6, 6.07) is 14.6. The summed E-state index contributed by atoms with van der Waals surface area (Å²) in [6.45, 7) is 7.83. The molecule has 4 rings (SSSR count). The highest BCUT2D eigenvalue weighted by Gasteiger charge is 2.19. The predicted molar refractivity (Wildman–Crippen MR) is 132 cm³/mol. The number of imide groups is 1. The smallest absolute Gasteiger partial charge is 0.321 e. The number of thioether (sulfide) groups is 1. The average molecular weight is 479 g/mol. The summed E-state index contributed by atoms with van der Waals surface area (Å²) in [7, 11) is 0.